The topological polar surface area (TPSA) is 59.2 Å². The van der Waals surface area contributed by atoms with E-state index in [-0.39, 0.29) is 0 Å². The number of piperidine rings is 1. The fourth-order valence-corrected chi connectivity index (χ4v) is 3.62. The zero-order valence-electron chi connectivity index (χ0n) is 16.7. The van der Waals surface area contributed by atoms with Gasteiger partial charge in [0.05, 0.1) is 25.1 Å². The third-order valence-corrected chi connectivity index (χ3v) is 5.29. The molecule has 0 aliphatic carbocycles. The molecule has 0 radical (unpaired) electrons. The van der Waals surface area contributed by atoms with Gasteiger partial charge in [-0.25, -0.2) is 0 Å². The minimum absolute atomic E-state index is 0.317. The Morgan fingerprint density at radius 1 is 1.33 bits per heavy atom. The molecule has 2 aliphatic heterocycles. The molecule has 1 atom stereocenters. The van der Waals surface area contributed by atoms with Gasteiger partial charge in [-0.1, -0.05) is 13.3 Å². The standard InChI is InChI=1S/C21H35N3O3/c1-2-3-11-22-21(23-12-8-18-6-4-15-25-18)24-13-9-19(10-14-24)27-17-20-7-5-16-26-20/h4,6,15,19-20H,2-3,5,7-14,16-17H2,1H3,(H,22,23). The fraction of sp³-hybridized carbons (Fsp3) is 0.762. The van der Waals surface area contributed by atoms with Crippen molar-refractivity contribution < 1.29 is 13.9 Å². The van der Waals surface area contributed by atoms with Gasteiger partial charge in [-0.3, -0.25) is 4.99 Å². The number of aliphatic imine (C=N–C) groups is 1. The lowest BCUT2D eigenvalue weighted by Gasteiger charge is -2.34. The van der Waals surface area contributed by atoms with E-state index >= 15 is 0 Å². The van der Waals surface area contributed by atoms with Crippen LogP contribution in [0.4, 0.5) is 0 Å². The maximum atomic E-state index is 6.10. The van der Waals surface area contributed by atoms with Crippen LogP contribution in [-0.4, -0.2) is 62.5 Å². The van der Waals surface area contributed by atoms with Gasteiger partial charge in [0.1, 0.15) is 5.76 Å². The number of hydrogen-bond acceptors (Lipinski definition) is 4. The van der Waals surface area contributed by atoms with E-state index in [2.05, 4.69) is 17.1 Å². The molecule has 6 nitrogen and oxygen atoms in total. The molecule has 0 bridgehead atoms. The third kappa shape index (κ3) is 6.85. The summed E-state index contributed by atoms with van der Waals surface area (Å²) in [5, 5.41) is 3.53. The average molecular weight is 378 g/mol. The second-order valence-corrected chi connectivity index (χ2v) is 7.47. The van der Waals surface area contributed by atoms with Crippen LogP contribution in [0.1, 0.15) is 51.2 Å². The lowest BCUT2D eigenvalue weighted by molar-refractivity contribution is -0.0367. The van der Waals surface area contributed by atoms with Crippen LogP contribution in [0.3, 0.4) is 0 Å². The Morgan fingerprint density at radius 2 is 2.22 bits per heavy atom. The number of rotatable bonds is 9. The smallest absolute Gasteiger partial charge is 0.193 e. The van der Waals surface area contributed by atoms with Gasteiger partial charge in [0, 0.05) is 39.2 Å². The SMILES string of the molecule is CCCCN=C(NCCc1ccco1)N1CCC(OCC2CCCO2)CC1. The summed E-state index contributed by atoms with van der Waals surface area (Å²) in [7, 11) is 0. The molecular weight excluding hydrogens is 342 g/mol. The lowest BCUT2D eigenvalue weighted by Crippen LogP contribution is -2.47. The molecule has 0 saturated carbocycles. The van der Waals surface area contributed by atoms with E-state index in [4.69, 9.17) is 18.9 Å². The summed E-state index contributed by atoms with van der Waals surface area (Å²) >= 11 is 0. The highest BCUT2D eigenvalue weighted by Gasteiger charge is 2.24. The van der Waals surface area contributed by atoms with Crippen LogP contribution in [0.25, 0.3) is 0 Å². The van der Waals surface area contributed by atoms with Crippen LogP contribution in [-0.2, 0) is 15.9 Å². The Labute approximate surface area is 163 Å². The molecule has 0 amide bonds. The lowest BCUT2D eigenvalue weighted by atomic mass is 10.1. The molecule has 1 aromatic rings. The van der Waals surface area contributed by atoms with Crippen molar-refractivity contribution in [3.8, 4) is 0 Å². The van der Waals surface area contributed by atoms with Gasteiger partial charge in [0.2, 0.25) is 0 Å². The van der Waals surface area contributed by atoms with E-state index in [9.17, 15) is 0 Å². The van der Waals surface area contributed by atoms with Crippen molar-refractivity contribution in [1.82, 2.24) is 10.2 Å². The maximum Gasteiger partial charge on any atom is 0.193 e. The largest absolute Gasteiger partial charge is 0.469 e. The van der Waals surface area contributed by atoms with Crippen LogP contribution in [0.5, 0.6) is 0 Å². The Bertz CT molecular complexity index is 533. The highest BCUT2D eigenvalue weighted by atomic mass is 16.5. The van der Waals surface area contributed by atoms with Gasteiger partial charge in [-0.15, -0.1) is 0 Å². The van der Waals surface area contributed by atoms with Crippen molar-refractivity contribution in [2.24, 2.45) is 4.99 Å². The molecular formula is C21H35N3O3. The van der Waals surface area contributed by atoms with Crippen LogP contribution >= 0.6 is 0 Å². The molecule has 152 valence electrons. The van der Waals surface area contributed by atoms with Crippen LogP contribution < -0.4 is 5.32 Å². The number of guanidine groups is 1. The second-order valence-electron chi connectivity index (χ2n) is 7.47. The summed E-state index contributed by atoms with van der Waals surface area (Å²) in [6.45, 7) is 7.57. The maximum absolute atomic E-state index is 6.10. The Balaban J connectivity index is 1.42. The molecule has 2 fully saturated rings. The summed E-state index contributed by atoms with van der Waals surface area (Å²) < 4.78 is 17.2. The zero-order chi connectivity index (χ0) is 18.7. The summed E-state index contributed by atoms with van der Waals surface area (Å²) in [6, 6.07) is 3.96. The summed E-state index contributed by atoms with van der Waals surface area (Å²) in [4.78, 5) is 7.21. The summed E-state index contributed by atoms with van der Waals surface area (Å²) in [6.07, 6.45) is 10.0. The second kappa shape index (κ2) is 11.3. The predicted molar refractivity (Wildman–Crippen MR) is 107 cm³/mol. The number of hydrogen-bond donors (Lipinski definition) is 1. The van der Waals surface area contributed by atoms with Gasteiger partial charge in [0.25, 0.3) is 0 Å². The molecule has 0 spiro atoms. The van der Waals surface area contributed by atoms with Gasteiger partial charge in [-0.2, -0.15) is 0 Å². The molecule has 2 aliphatic rings. The zero-order valence-corrected chi connectivity index (χ0v) is 16.7. The molecule has 1 N–H and O–H groups in total. The van der Waals surface area contributed by atoms with Gasteiger partial charge >= 0.3 is 0 Å². The van der Waals surface area contributed by atoms with Crippen molar-refractivity contribution in [3.05, 3.63) is 24.2 Å². The number of unbranched alkanes of at least 4 members (excludes halogenated alkanes) is 1. The summed E-state index contributed by atoms with van der Waals surface area (Å²) in [5.74, 6) is 2.05. The average Bonchev–Trinajstić information content (AvgIpc) is 3.40. The third-order valence-electron chi connectivity index (χ3n) is 5.29. The number of nitrogens with one attached hydrogen (secondary N) is 1. The molecule has 0 aromatic carbocycles. The first-order valence-electron chi connectivity index (χ1n) is 10.6. The monoisotopic (exact) mass is 377 g/mol. The highest BCUT2D eigenvalue weighted by Crippen LogP contribution is 2.18. The first-order chi connectivity index (χ1) is 13.3. The van der Waals surface area contributed by atoms with Crippen LogP contribution in [0, 0.1) is 0 Å². The van der Waals surface area contributed by atoms with E-state index in [0.717, 1.165) is 83.2 Å². The Morgan fingerprint density at radius 3 is 2.93 bits per heavy atom. The molecule has 3 rings (SSSR count). The van der Waals surface area contributed by atoms with Gasteiger partial charge < -0.3 is 24.1 Å². The first-order valence-corrected chi connectivity index (χ1v) is 10.6. The van der Waals surface area contributed by atoms with E-state index in [1.54, 1.807) is 6.26 Å². The van der Waals surface area contributed by atoms with E-state index < -0.39 is 0 Å². The van der Waals surface area contributed by atoms with Crippen molar-refractivity contribution >= 4 is 5.96 Å². The minimum atomic E-state index is 0.317. The Kier molecular flexibility index (Phi) is 8.49. The Hall–Kier alpha value is -1.53. The van der Waals surface area contributed by atoms with E-state index in [1.165, 1.54) is 12.8 Å². The number of ether oxygens (including phenoxy) is 2. The van der Waals surface area contributed by atoms with Crippen molar-refractivity contribution in [1.29, 1.82) is 0 Å². The molecule has 1 unspecified atom stereocenters. The molecule has 6 heteroatoms. The van der Waals surface area contributed by atoms with Gasteiger partial charge in [0.15, 0.2) is 5.96 Å². The summed E-state index contributed by atoms with van der Waals surface area (Å²) in [5.41, 5.74) is 0. The van der Waals surface area contributed by atoms with E-state index in [1.807, 2.05) is 12.1 Å². The molecule has 2 saturated heterocycles. The normalized spacial score (nSPS) is 21.7. The highest BCUT2D eigenvalue weighted by molar-refractivity contribution is 5.80. The first kappa shape index (κ1) is 20.2. The molecule has 1 aromatic heterocycles. The number of likely N-dealkylation sites (tertiary alicyclic amines) is 1. The van der Waals surface area contributed by atoms with Crippen LogP contribution in [0.15, 0.2) is 27.8 Å². The number of furan rings is 1. The van der Waals surface area contributed by atoms with Gasteiger partial charge in [-0.05, 0) is 44.2 Å². The van der Waals surface area contributed by atoms with Crippen molar-refractivity contribution in [2.45, 2.75) is 64.1 Å². The minimum Gasteiger partial charge on any atom is -0.469 e. The number of nitrogens with zero attached hydrogens (tertiary/aromatic N) is 2. The fourth-order valence-electron chi connectivity index (χ4n) is 3.62. The van der Waals surface area contributed by atoms with E-state index in [0.29, 0.717) is 12.2 Å². The van der Waals surface area contributed by atoms with Crippen molar-refractivity contribution in [2.75, 3.05) is 39.4 Å². The molecule has 27 heavy (non-hydrogen) atoms. The quantitative estimate of drug-likeness (QED) is 0.407. The molecule has 3 heterocycles. The van der Waals surface area contributed by atoms with Crippen molar-refractivity contribution in [3.63, 3.8) is 0 Å². The predicted octanol–water partition coefficient (Wildman–Crippen LogP) is 3.23. The van der Waals surface area contributed by atoms with Crippen LogP contribution in [0.2, 0.25) is 0 Å².